The average molecular weight is 582 g/mol. The second-order valence-electron chi connectivity index (χ2n) is 8.95. The fourth-order valence-corrected chi connectivity index (χ4v) is 7.77. The Morgan fingerprint density at radius 1 is 1.05 bits per heavy atom. The van der Waals surface area contributed by atoms with Crippen molar-refractivity contribution >= 4 is 63.8 Å². The van der Waals surface area contributed by atoms with Gasteiger partial charge in [-0.15, -0.1) is 0 Å². The highest BCUT2D eigenvalue weighted by molar-refractivity contribution is 8.00. The zero-order valence-corrected chi connectivity index (χ0v) is 22.7. The molecular formula is C27H20ClN3O6S2. The van der Waals surface area contributed by atoms with E-state index in [4.69, 9.17) is 20.8 Å². The first-order valence-electron chi connectivity index (χ1n) is 11.9. The number of nitrogens with zero attached hydrogens (tertiary/aromatic N) is 2. The number of rotatable bonds is 6. The predicted octanol–water partition coefficient (Wildman–Crippen LogP) is 4.60. The first-order valence-corrected chi connectivity index (χ1v) is 13.9. The van der Waals surface area contributed by atoms with Crippen LogP contribution in [0, 0.1) is 5.92 Å². The number of thiazole rings is 1. The van der Waals surface area contributed by atoms with Crippen molar-refractivity contribution in [2.75, 3.05) is 17.3 Å². The molecule has 0 saturated carbocycles. The number of imide groups is 1. The highest BCUT2D eigenvalue weighted by Gasteiger charge is 2.57. The summed E-state index contributed by atoms with van der Waals surface area (Å²) in [5.41, 5.74) is 0.969. The molecular weight excluding hydrogens is 562 g/mol. The number of nitrogens with one attached hydrogen (secondary N) is 1. The SMILES string of the molecule is COc1ccc(N2C(=O)C3Sc4c(sc(=O)n4CC(=O)Nc4ccc(Cl)cc4)C(c4ccco4)C3C2=O)cc1. The minimum absolute atomic E-state index is 0.257. The zero-order chi connectivity index (χ0) is 27.3. The number of furan rings is 1. The second kappa shape index (κ2) is 10.1. The fraction of sp³-hybridized carbons (Fsp3) is 0.185. The molecule has 2 aromatic carbocycles. The van der Waals surface area contributed by atoms with Gasteiger partial charge in [0.25, 0.3) is 0 Å². The Hall–Kier alpha value is -3.80. The number of fused-ring (bicyclic) bond motifs is 2. The van der Waals surface area contributed by atoms with Crippen molar-refractivity contribution in [3.8, 4) is 5.75 Å². The van der Waals surface area contributed by atoms with Gasteiger partial charge in [0.2, 0.25) is 17.7 Å². The Morgan fingerprint density at radius 3 is 2.46 bits per heavy atom. The molecule has 9 nitrogen and oxygen atoms in total. The summed E-state index contributed by atoms with van der Waals surface area (Å²) >= 11 is 8.02. The summed E-state index contributed by atoms with van der Waals surface area (Å²) < 4.78 is 12.3. The van der Waals surface area contributed by atoms with Gasteiger partial charge in [-0.1, -0.05) is 34.7 Å². The van der Waals surface area contributed by atoms with Gasteiger partial charge in [0, 0.05) is 10.7 Å². The van der Waals surface area contributed by atoms with E-state index in [1.807, 2.05) is 0 Å². The Bertz CT molecular complexity index is 1630. The smallest absolute Gasteiger partial charge is 0.308 e. The van der Waals surface area contributed by atoms with Crippen LogP contribution >= 0.6 is 34.7 Å². The van der Waals surface area contributed by atoms with Crippen LogP contribution in [0.5, 0.6) is 5.75 Å². The number of carbonyl (C=O) groups is 3. The molecule has 0 spiro atoms. The third-order valence-corrected chi connectivity index (χ3v) is 9.52. The highest BCUT2D eigenvalue weighted by Crippen LogP contribution is 2.54. The van der Waals surface area contributed by atoms with Crippen LogP contribution in [0.2, 0.25) is 5.02 Å². The lowest BCUT2D eigenvalue weighted by Gasteiger charge is -2.29. The van der Waals surface area contributed by atoms with Crippen LogP contribution < -0.4 is 19.8 Å². The molecule has 198 valence electrons. The number of carbonyl (C=O) groups excluding carboxylic acids is 3. The molecule has 39 heavy (non-hydrogen) atoms. The van der Waals surface area contributed by atoms with Gasteiger partial charge >= 0.3 is 4.87 Å². The minimum atomic E-state index is -0.804. The molecule has 2 aromatic heterocycles. The van der Waals surface area contributed by atoms with E-state index in [0.29, 0.717) is 37.8 Å². The summed E-state index contributed by atoms with van der Waals surface area (Å²) in [5, 5.41) is 2.97. The molecule has 3 atom stereocenters. The van der Waals surface area contributed by atoms with Crippen LogP contribution in [-0.4, -0.2) is 34.6 Å². The lowest BCUT2D eigenvalue weighted by molar-refractivity contribution is -0.122. The van der Waals surface area contributed by atoms with Crippen molar-refractivity contribution < 1.29 is 23.5 Å². The number of anilines is 2. The van der Waals surface area contributed by atoms with Gasteiger partial charge in [0.05, 0.1) is 40.8 Å². The van der Waals surface area contributed by atoms with Gasteiger partial charge < -0.3 is 14.5 Å². The van der Waals surface area contributed by atoms with E-state index in [9.17, 15) is 19.2 Å². The third-order valence-electron chi connectivity index (χ3n) is 6.66. The van der Waals surface area contributed by atoms with Gasteiger partial charge in [-0.3, -0.25) is 23.7 Å². The zero-order valence-electron chi connectivity index (χ0n) is 20.3. The van der Waals surface area contributed by atoms with Crippen molar-refractivity contribution in [3.05, 3.63) is 92.3 Å². The van der Waals surface area contributed by atoms with E-state index in [2.05, 4.69) is 5.32 Å². The van der Waals surface area contributed by atoms with E-state index >= 15 is 0 Å². The summed E-state index contributed by atoms with van der Waals surface area (Å²) in [6.07, 6.45) is 1.49. The van der Waals surface area contributed by atoms with Crippen molar-refractivity contribution in [3.63, 3.8) is 0 Å². The summed E-state index contributed by atoms with van der Waals surface area (Å²) in [6, 6.07) is 16.7. The Kier molecular flexibility index (Phi) is 6.57. The van der Waals surface area contributed by atoms with Crippen molar-refractivity contribution in [1.29, 1.82) is 0 Å². The molecule has 1 fully saturated rings. The summed E-state index contributed by atoms with van der Waals surface area (Å²) in [6.45, 7) is -0.257. The number of hydrogen-bond acceptors (Lipinski definition) is 8. The molecule has 3 unspecified atom stereocenters. The Balaban J connectivity index is 1.36. The molecule has 4 aromatic rings. The molecule has 2 aliphatic heterocycles. The summed E-state index contributed by atoms with van der Waals surface area (Å²) in [7, 11) is 1.54. The number of benzene rings is 2. The van der Waals surface area contributed by atoms with Crippen molar-refractivity contribution in [2.45, 2.75) is 22.7 Å². The molecule has 3 amide bonds. The van der Waals surface area contributed by atoms with E-state index < -0.39 is 28.9 Å². The maximum Gasteiger partial charge on any atom is 0.308 e. The van der Waals surface area contributed by atoms with Crippen LogP contribution in [0.1, 0.15) is 16.6 Å². The summed E-state index contributed by atoms with van der Waals surface area (Å²) in [5.74, 6) is -1.53. The first kappa shape index (κ1) is 25.5. The quantitative estimate of drug-likeness (QED) is 0.331. The number of thioether (sulfide) groups is 1. The number of ether oxygens (including phenoxy) is 1. The topological polar surface area (TPSA) is 111 Å². The van der Waals surface area contributed by atoms with E-state index in [-0.39, 0.29) is 17.3 Å². The Labute approximate surface area is 235 Å². The van der Waals surface area contributed by atoms with E-state index in [0.717, 1.165) is 23.1 Å². The molecule has 0 radical (unpaired) electrons. The minimum Gasteiger partial charge on any atom is -0.497 e. The maximum atomic E-state index is 13.8. The molecule has 1 N–H and O–H groups in total. The van der Waals surface area contributed by atoms with Gasteiger partial charge in [-0.2, -0.15) is 0 Å². The van der Waals surface area contributed by atoms with Gasteiger partial charge in [-0.25, -0.2) is 4.90 Å². The van der Waals surface area contributed by atoms with E-state index in [1.54, 1.807) is 60.7 Å². The molecule has 6 rings (SSSR count). The van der Waals surface area contributed by atoms with Gasteiger partial charge in [0.15, 0.2) is 0 Å². The van der Waals surface area contributed by atoms with Crippen LogP contribution in [-0.2, 0) is 20.9 Å². The monoisotopic (exact) mass is 581 g/mol. The average Bonchev–Trinajstić information content (AvgIpc) is 3.63. The van der Waals surface area contributed by atoms with Gasteiger partial charge in [0.1, 0.15) is 23.3 Å². The maximum absolute atomic E-state index is 13.8. The predicted molar refractivity (Wildman–Crippen MR) is 148 cm³/mol. The largest absolute Gasteiger partial charge is 0.497 e. The normalized spacial score (nSPS) is 20.1. The molecule has 4 heterocycles. The van der Waals surface area contributed by atoms with Crippen LogP contribution in [0.25, 0.3) is 0 Å². The summed E-state index contributed by atoms with van der Waals surface area (Å²) in [4.78, 5) is 54.9. The van der Waals surface area contributed by atoms with Crippen molar-refractivity contribution in [1.82, 2.24) is 4.57 Å². The second-order valence-corrected chi connectivity index (χ2v) is 11.5. The first-order chi connectivity index (χ1) is 18.9. The van der Waals surface area contributed by atoms with Crippen LogP contribution in [0.3, 0.4) is 0 Å². The third kappa shape index (κ3) is 4.46. The van der Waals surface area contributed by atoms with E-state index in [1.165, 1.54) is 22.8 Å². The number of methoxy groups -OCH3 is 1. The molecule has 1 saturated heterocycles. The fourth-order valence-electron chi connectivity index (χ4n) is 4.89. The van der Waals surface area contributed by atoms with Crippen LogP contribution in [0.4, 0.5) is 11.4 Å². The molecule has 0 aliphatic carbocycles. The Morgan fingerprint density at radius 2 is 1.79 bits per heavy atom. The van der Waals surface area contributed by atoms with Crippen LogP contribution in [0.15, 0.2) is 81.2 Å². The lowest BCUT2D eigenvalue weighted by atomic mass is 9.87. The number of halogens is 1. The standard InChI is InChI=1S/C27H20ClN3O6S2/c1-36-17-10-8-16(9-11-17)31-24(33)21-20(18-3-2-12-37-18)23-26(38-22(21)25(31)34)30(27(35)39-23)13-19(32)29-15-6-4-14(28)5-7-15/h2-12,20-22H,13H2,1H3,(H,29,32). The number of hydrogen-bond donors (Lipinski definition) is 1. The molecule has 2 aliphatic rings. The molecule has 0 bridgehead atoms. The number of aromatic nitrogens is 1. The number of amides is 3. The molecule has 12 heteroatoms. The highest BCUT2D eigenvalue weighted by atomic mass is 35.5. The van der Waals surface area contributed by atoms with Gasteiger partial charge in [-0.05, 0) is 60.7 Å². The van der Waals surface area contributed by atoms with Crippen molar-refractivity contribution in [2.24, 2.45) is 5.92 Å². The lowest BCUT2D eigenvalue weighted by Crippen LogP contribution is -2.32.